The highest BCUT2D eigenvalue weighted by Gasteiger charge is 2.27. The van der Waals surface area contributed by atoms with Gasteiger partial charge in [0.2, 0.25) is 0 Å². The molecule has 1 aromatic carbocycles. The number of hydrogen-bond donors (Lipinski definition) is 0. The summed E-state index contributed by atoms with van der Waals surface area (Å²) in [6, 6.07) is 0.303. The summed E-state index contributed by atoms with van der Waals surface area (Å²) in [5, 5.41) is 0.454. The van der Waals surface area contributed by atoms with E-state index in [2.05, 4.69) is 4.74 Å². The summed E-state index contributed by atoms with van der Waals surface area (Å²) in [7, 11) is 0. The largest absolute Gasteiger partial charge is 0.428 e. The fourth-order valence-electron chi connectivity index (χ4n) is 0.854. The van der Waals surface area contributed by atoms with E-state index < -0.39 is 18.1 Å². The number of hydrogen-bond acceptors (Lipinski definition) is 1. The van der Waals surface area contributed by atoms with Crippen LogP contribution in [0.3, 0.4) is 0 Å². The van der Waals surface area contributed by atoms with E-state index in [9.17, 15) is 13.2 Å². The van der Waals surface area contributed by atoms with Gasteiger partial charge in [0.05, 0.1) is 0 Å². The van der Waals surface area contributed by atoms with Gasteiger partial charge in [-0.25, -0.2) is 0 Å². The molecule has 88 valence electrons. The summed E-state index contributed by atoms with van der Waals surface area (Å²) in [5.74, 6) is -0.0997. The molecule has 0 aromatic heterocycles. The van der Waals surface area contributed by atoms with Gasteiger partial charge in [0.1, 0.15) is 5.75 Å². The van der Waals surface area contributed by atoms with E-state index in [1.807, 2.05) is 0 Å². The first-order valence-electron chi connectivity index (χ1n) is 3.86. The molecule has 0 aliphatic heterocycles. The molecular weight excluding hydrogens is 304 g/mol. The highest BCUT2D eigenvalue weighted by molar-refractivity contribution is 7.69. The second-order valence-electron chi connectivity index (χ2n) is 2.66. The predicted molar refractivity (Wildman–Crippen MR) is 60.4 cm³/mol. The van der Waals surface area contributed by atoms with Crippen molar-refractivity contribution in [2.24, 2.45) is 0 Å². The van der Waals surface area contributed by atoms with Crippen molar-refractivity contribution in [2.45, 2.75) is 0 Å². The minimum absolute atomic E-state index is 0.0997. The average Bonchev–Trinajstić information content (AvgIpc) is 2.17. The lowest BCUT2D eigenvalue weighted by molar-refractivity contribution is 0.241. The molecule has 0 N–H and O–H groups in total. The van der Waals surface area contributed by atoms with Crippen LogP contribution in [-0.4, -0.2) is 6.00 Å². The Bertz CT molecular complexity index is 398. The minimum Gasteiger partial charge on any atom is -0.428 e. The molecular formula is C8H4Cl3F3OSi. The molecule has 0 bridgehead atoms. The van der Waals surface area contributed by atoms with Crippen LogP contribution in [0.2, 0.25) is 0 Å². The third-order valence-electron chi connectivity index (χ3n) is 1.54. The smallest absolute Gasteiger partial charge is 0.372 e. The second kappa shape index (κ2) is 5.31. The first-order valence-corrected chi connectivity index (χ1v) is 8.90. The molecule has 1 nitrogen and oxygen atoms in total. The summed E-state index contributed by atoms with van der Waals surface area (Å²) in [4.78, 5) is 0. The summed E-state index contributed by atoms with van der Waals surface area (Å²) in [5.41, 5.74) is 0. The molecule has 16 heavy (non-hydrogen) atoms. The molecule has 0 fully saturated rings. The van der Waals surface area contributed by atoms with Crippen molar-refractivity contribution in [3.8, 4) is 5.75 Å². The van der Waals surface area contributed by atoms with Gasteiger partial charge in [-0.1, -0.05) is 12.1 Å². The lowest BCUT2D eigenvalue weighted by Crippen LogP contribution is -2.29. The van der Waals surface area contributed by atoms with Gasteiger partial charge in [-0.05, 0) is 17.3 Å². The third-order valence-corrected chi connectivity index (χ3v) is 4.49. The van der Waals surface area contributed by atoms with E-state index >= 15 is 0 Å². The fraction of sp³-hybridized carbons (Fsp3) is 0. The molecule has 0 aliphatic rings. The van der Waals surface area contributed by atoms with Crippen LogP contribution >= 0.6 is 33.2 Å². The SMILES string of the molecule is FC(F)=C(F)Oc1ccc([Si](Cl)(Cl)Cl)cc1. The Kier molecular flexibility index (Phi) is 4.55. The quantitative estimate of drug-likeness (QED) is 0.466. The first-order chi connectivity index (χ1) is 7.30. The van der Waals surface area contributed by atoms with Crippen LogP contribution < -0.4 is 9.92 Å². The molecule has 0 radical (unpaired) electrons. The normalized spacial score (nSPS) is 11.1. The molecule has 0 spiro atoms. The monoisotopic (exact) mass is 306 g/mol. The maximum Gasteiger partial charge on any atom is 0.372 e. The lowest BCUT2D eigenvalue weighted by Gasteiger charge is -2.08. The van der Waals surface area contributed by atoms with Crippen LogP contribution in [0.25, 0.3) is 0 Å². The van der Waals surface area contributed by atoms with Gasteiger partial charge >= 0.3 is 18.1 Å². The van der Waals surface area contributed by atoms with Crippen molar-refractivity contribution < 1.29 is 17.9 Å². The third kappa shape index (κ3) is 3.90. The predicted octanol–water partition coefficient (Wildman–Crippen LogP) is 3.96. The fourth-order valence-corrected chi connectivity index (χ4v) is 2.53. The summed E-state index contributed by atoms with van der Waals surface area (Å²) in [6.45, 7) is 0. The highest BCUT2D eigenvalue weighted by Crippen LogP contribution is 2.22. The van der Waals surface area contributed by atoms with Crippen LogP contribution in [0.5, 0.6) is 5.75 Å². The lowest BCUT2D eigenvalue weighted by atomic mass is 10.3. The summed E-state index contributed by atoms with van der Waals surface area (Å²) in [6.07, 6.45) is -2.53. The van der Waals surface area contributed by atoms with Crippen LogP contribution in [0, 0.1) is 0 Å². The van der Waals surface area contributed by atoms with Gasteiger partial charge in [-0.15, -0.1) is 33.2 Å². The number of halogens is 6. The van der Waals surface area contributed by atoms with E-state index in [0.717, 1.165) is 0 Å². The van der Waals surface area contributed by atoms with E-state index in [1.54, 1.807) is 0 Å². The summed E-state index contributed by atoms with van der Waals surface area (Å²) < 4.78 is 40.0. The molecule has 0 unspecified atom stereocenters. The van der Waals surface area contributed by atoms with E-state index in [0.29, 0.717) is 5.19 Å². The van der Waals surface area contributed by atoms with Gasteiger partial charge in [0, 0.05) is 0 Å². The average molecular weight is 308 g/mol. The summed E-state index contributed by atoms with van der Waals surface area (Å²) >= 11 is 17.1. The Hall–Kier alpha value is -0.363. The van der Waals surface area contributed by atoms with Crippen LogP contribution in [0.4, 0.5) is 13.2 Å². The van der Waals surface area contributed by atoms with Crippen molar-refractivity contribution in [1.29, 1.82) is 0 Å². The molecule has 0 saturated carbocycles. The minimum atomic E-state index is -3.01. The van der Waals surface area contributed by atoms with Crippen LogP contribution in [0.15, 0.2) is 36.4 Å². The molecule has 0 aliphatic carbocycles. The zero-order valence-corrected chi connectivity index (χ0v) is 10.8. The van der Waals surface area contributed by atoms with Gasteiger partial charge in [-0.3, -0.25) is 0 Å². The second-order valence-corrected chi connectivity index (χ2v) is 11.1. The zero-order valence-electron chi connectivity index (χ0n) is 7.49. The van der Waals surface area contributed by atoms with Gasteiger partial charge < -0.3 is 4.74 Å². The Morgan fingerprint density at radius 1 is 1.00 bits per heavy atom. The number of ether oxygens (including phenoxy) is 1. The molecule has 8 heteroatoms. The van der Waals surface area contributed by atoms with Crippen LogP contribution in [-0.2, 0) is 0 Å². The highest BCUT2D eigenvalue weighted by atomic mass is 35.8. The van der Waals surface area contributed by atoms with E-state index in [-0.39, 0.29) is 5.75 Å². The maximum atomic E-state index is 12.4. The van der Waals surface area contributed by atoms with Crippen molar-refractivity contribution in [3.63, 3.8) is 0 Å². The molecule has 1 aromatic rings. The van der Waals surface area contributed by atoms with Crippen molar-refractivity contribution in [3.05, 3.63) is 36.4 Å². The standard InChI is InChI=1S/C8H4Cl3F3OSi/c9-16(10,11)6-3-1-5(2-4-6)15-8(14)7(12)13/h1-4H. The van der Waals surface area contributed by atoms with E-state index in [1.165, 1.54) is 24.3 Å². The number of benzene rings is 1. The van der Waals surface area contributed by atoms with Crippen molar-refractivity contribution in [1.82, 2.24) is 0 Å². The molecule has 0 saturated heterocycles. The number of rotatable bonds is 3. The topological polar surface area (TPSA) is 9.23 Å². The Morgan fingerprint density at radius 2 is 1.50 bits per heavy atom. The molecule has 1 rings (SSSR count). The van der Waals surface area contributed by atoms with Crippen molar-refractivity contribution >= 4 is 44.4 Å². The molecule has 0 atom stereocenters. The maximum absolute atomic E-state index is 12.4. The van der Waals surface area contributed by atoms with Crippen molar-refractivity contribution in [2.75, 3.05) is 0 Å². The van der Waals surface area contributed by atoms with Gasteiger partial charge in [-0.2, -0.15) is 13.2 Å². The van der Waals surface area contributed by atoms with Gasteiger partial charge in [0.15, 0.2) is 0 Å². The van der Waals surface area contributed by atoms with E-state index in [4.69, 9.17) is 33.2 Å². The zero-order chi connectivity index (χ0) is 12.3. The Morgan fingerprint density at radius 3 is 1.88 bits per heavy atom. The molecule has 0 amide bonds. The Labute approximate surface area is 104 Å². The first kappa shape index (κ1) is 13.7. The Balaban J connectivity index is 2.85. The van der Waals surface area contributed by atoms with Gasteiger partial charge in [0.25, 0.3) is 0 Å². The molecule has 0 heterocycles. The van der Waals surface area contributed by atoms with Crippen LogP contribution in [0.1, 0.15) is 0 Å².